The van der Waals surface area contributed by atoms with Gasteiger partial charge in [0, 0.05) is 16.9 Å². The van der Waals surface area contributed by atoms with Gasteiger partial charge >= 0.3 is 0 Å². The Kier molecular flexibility index (Phi) is 4.52. The third kappa shape index (κ3) is 3.12. The molecule has 0 unspecified atom stereocenters. The van der Waals surface area contributed by atoms with Gasteiger partial charge in [-0.25, -0.2) is 15.8 Å². The fraction of sp³-hybridized carbons (Fsp3) is 0.692. The molecule has 1 aliphatic carbocycles. The number of nitrogens with one attached hydrogen (secondary N) is 2. The molecule has 1 fully saturated rings. The van der Waals surface area contributed by atoms with Crippen LogP contribution in [0.1, 0.15) is 37.1 Å². The zero-order valence-electron chi connectivity index (χ0n) is 11.9. The number of hydrogen-bond acceptors (Lipinski definition) is 6. The second-order valence-corrected chi connectivity index (χ2v) is 6.46. The number of nitrogens with two attached hydrogens (primary N) is 1. The summed E-state index contributed by atoms with van der Waals surface area (Å²) in [7, 11) is 0. The molecule has 106 valence electrons. The van der Waals surface area contributed by atoms with Gasteiger partial charge < -0.3 is 10.7 Å². The highest BCUT2D eigenvalue weighted by Crippen LogP contribution is 2.40. The van der Waals surface area contributed by atoms with E-state index in [1.54, 1.807) is 0 Å². The fourth-order valence-corrected chi connectivity index (χ4v) is 3.57. The first-order chi connectivity index (χ1) is 9.10. The van der Waals surface area contributed by atoms with E-state index < -0.39 is 0 Å². The molecule has 1 saturated carbocycles. The van der Waals surface area contributed by atoms with Gasteiger partial charge in [-0.1, -0.05) is 12.8 Å². The minimum atomic E-state index is 0.363. The zero-order chi connectivity index (χ0) is 13.9. The Morgan fingerprint density at radius 1 is 1.21 bits per heavy atom. The second kappa shape index (κ2) is 5.96. The molecule has 0 atom stereocenters. The molecule has 0 aliphatic heterocycles. The first kappa shape index (κ1) is 14.4. The van der Waals surface area contributed by atoms with Crippen molar-refractivity contribution in [3.63, 3.8) is 0 Å². The number of hydrazine groups is 1. The predicted molar refractivity (Wildman–Crippen MR) is 82.5 cm³/mol. The number of nitrogens with zero attached hydrogens (tertiary/aromatic N) is 2. The first-order valence-electron chi connectivity index (χ1n) is 6.71. The van der Waals surface area contributed by atoms with Crippen LogP contribution >= 0.6 is 11.8 Å². The molecule has 0 spiro atoms. The van der Waals surface area contributed by atoms with Crippen LogP contribution in [0.5, 0.6) is 0 Å². The lowest BCUT2D eigenvalue weighted by Crippen LogP contribution is -2.30. The molecule has 1 heterocycles. The number of aromatic nitrogens is 2. The lowest BCUT2D eigenvalue weighted by Gasteiger charge is -2.27. The van der Waals surface area contributed by atoms with Crippen molar-refractivity contribution in [1.82, 2.24) is 9.97 Å². The Hall–Kier alpha value is -1.01. The minimum Gasteiger partial charge on any atom is -0.368 e. The van der Waals surface area contributed by atoms with Crippen molar-refractivity contribution in [1.29, 1.82) is 0 Å². The van der Waals surface area contributed by atoms with Gasteiger partial charge in [-0.05, 0) is 32.9 Å². The third-order valence-corrected chi connectivity index (χ3v) is 5.34. The zero-order valence-corrected chi connectivity index (χ0v) is 12.7. The highest BCUT2D eigenvalue weighted by Gasteiger charge is 2.32. The van der Waals surface area contributed by atoms with E-state index in [0.29, 0.717) is 10.6 Å². The summed E-state index contributed by atoms with van der Waals surface area (Å²) in [5.41, 5.74) is 3.61. The largest absolute Gasteiger partial charge is 0.368 e. The molecule has 0 amide bonds. The Labute approximate surface area is 119 Å². The van der Waals surface area contributed by atoms with E-state index in [0.717, 1.165) is 23.8 Å². The van der Waals surface area contributed by atoms with E-state index in [4.69, 9.17) is 5.84 Å². The molecular weight excluding hydrogens is 258 g/mol. The van der Waals surface area contributed by atoms with Gasteiger partial charge in [0.15, 0.2) is 0 Å². The topological polar surface area (TPSA) is 75.9 Å². The van der Waals surface area contributed by atoms with Gasteiger partial charge in [0.2, 0.25) is 0 Å². The second-order valence-electron chi connectivity index (χ2n) is 5.19. The summed E-state index contributed by atoms with van der Waals surface area (Å²) in [4.78, 5) is 8.76. The smallest absolute Gasteiger partial charge is 0.148 e. The average molecular weight is 281 g/mol. The summed E-state index contributed by atoms with van der Waals surface area (Å²) in [6.45, 7) is 4.82. The van der Waals surface area contributed by atoms with Crippen LogP contribution in [-0.2, 0) is 0 Å². The van der Waals surface area contributed by atoms with Crippen LogP contribution in [0, 0.1) is 13.8 Å². The monoisotopic (exact) mass is 281 g/mol. The predicted octanol–water partition coefficient (Wildman–Crippen LogP) is 2.47. The Morgan fingerprint density at radius 3 is 2.42 bits per heavy atom. The van der Waals surface area contributed by atoms with Crippen LogP contribution in [0.25, 0.3) is 0 Å². The normalized spacial score (nSPS) is 17.5. The van der Waals surface area contributed by atoms with Crippen LogP contribution in [0.2, 0.25) is 0 Å². The fourth-order valence-electron chi connectivity index (χ4n) is 2.66. The van der Waals surface area contributed by atoms with Crippen molar-refractivity contribution in [3.05, 3.63) is 11.4 Å². The maximum Gasteiger partial charge on any atom is 0.148 e. The first-order valence-corrected chi connectivity index (χ1v) is 7.93. The standard InChI is InChI=1S/C13H23N5S/c1-9-11(16-10(2)17-12(9)18-14)15-8-13(19-3)6-4-5-7-13/h4-8,14H2,1-3H3,(H2,15,16,17,18). The summed E-state index contributed by atoms with van der Waals surface area (Å²) in [5.74, 6) is 7.80. The number of thioether (sulfide) groups is 1. The van der Waals surface area contributed by atoms with E-state index >= 15 is 0 Å². The van der Waals surface area contributed by atoms with Gasteiger partial charge in [-0.2, -0.15) is 11.8 Å². The maximum atomic E-state index is 5.49. The summed E-state index contributed by atoms with van der Waals surface area (Å²) >= 11 is 1.97. The summed E-state index contributed by atoms with van der Waals surface area (Å²) in [5, 5.41) is 3.49. The molecule has 1 aliphatic rings. The molecule has 5 nitrogen and oxygen atoms in total. The molecule has 2 rings (SSSR count). The molecular formula is C13H23N5S. The van der Waals surface area contributed by atoms with Gasteiger partial charge in [0.25, 0.3) is 0 Å². The van der Waals surface area contributed by atoms with Crippen molar-refractivity contribution >= 4 is 23.4 Å². The lowest BCUT2D eigenvalue weighted by atomic mass is 10.1. The van der Waals surface area contributed by atoms with Crippen molar-refractivity contribution in [2.75, 3.05) is 23.5 Å². The van der Waals surface area contributed by atoms with E-state index in [1.165, 1.54) is 25.7 Å². The number of hydrogen-bond donors (Lipinski definition) is 3. The van der Waals surface area contributed by atoms with Gasteiger partial charge in [0.05, 0.1) is 0 Å². The molecule has 0 bridgehead atoms. The molecule has 19 heavy (non-hydrogen) atoms. The highest BCUT2D eigenvalue weighted by atomic mass is 32.2. The van der Waals surface area contributed by atoms with Crippen molar-refractivity contribution < 1.29 is 0 Å². The van der Waals surface area contributed by atoms with E-state index in [1.807, 2.05) is 25.6 Å². The quantitative estimate of drug-likeness (QED) is 0.568. The van der Waals surface area contributed by atoms with E-state index in [2.05, 4.69) is 27.0 Å². The molecule has 0 aromatic carbocycles. The molecule has 6 heteroatoms. The van der Waals surface area contributed by atoms with Crippen LogP contribution in [0.4, 0.5) is 11.6 Å². The van der Waals surface area contributed by atoms with Gasteiger partial charge in [-0.3, -0.25) is 0 Å². The molecule has 4 N–H and O–H groups in total. The summed E-state index contributed by atoms with van der Waals surface area (Å²) in [6.07, 6.45) is 7.44. The van der Waals surface area contributed by atoms with E-state index in [9.17, 15) is 0 Å². The van der Waals surface area contributed by atoms with Gasteiger partial charge in [-0.15, -0.1) is 0 Å². The van der Waals surface area contributed by atoms with Crippen molar-refractivity contribution in [2.45, 2.75) is 44.3 Å². The molecule has 1 aromatic rings. The van der Waals surface area contributed by atoms with E-state index in [-0.39, 0.29) is 0 Å². The third-order valence-electron chi connectivity index (χ3n) is 3.92. The molecule has 0 radical (unpaired) electrons. The number of anilines is 2. The Balaban J connectivity index is 2.13. The minimum absolute atomic E-state index is 0.363. The van der Waals surface area contributed by atoms with Crippen LogP contribution in [0.3, 0.4) is 0 Å². The Morgan fingerprint density at radius 2 is 1.84 bits per heavy atom. The number of aryl methyl sites for hydroxylation is 1. The SMILES string of the molecule is CSC1(CNc2nc(C)nc(NN)c2C)CCCC1. The molecule has 0 saturated heterocycles. The number of rotatable bonds is 5. The van der Waals surface area contributed by atoms with Gasteiger partial charge in [0.1, 0.15) is 17.5 Å². The van der Waals surface area contributed by atoms with Crippen LogP contribution in [0.15, 0.2) is 0 Å². The lowest BCUT2D eigenvalue weighted by molar-refractivity contribution is 0.638. The molecule has 1 aromatic heterocycles. The maximum absolute atomic E-state index is 5.49. The number of nitrogen functional groups attached to an aromatic ring is 1. The Bertz CT molecular complexity index is 443. The summed E-state index contributed by atoms with van der Waals surface area (Å²) < 4.78 is 0.363. The highest BCUT2D eigenvalue weighted by molar-refractivity contribution is 8.00. The van der Waals surface area contributed by atoms with Crippen molar-refractivity contribution in [3.8, 4) is 0 Å². The summed E-state index contributed by atoms with van der Waals surface area (Å²) in [6, 6.07) is 0. The van der Waals surface area contributed by atoms with Crippen molar-refractivity contribution in [2.24, 2.45) is 5.84 Å². The van der Waals surface area contributed by atoms with Crippen LogP contribution in [-0.4, -0.2) is 27.5 Å². The van der Waals surface area contributed by atoms with Crippen LogP contribution < -0.4 is 16.6 Å². The average Bonchev–Trinajstić information content (AvgIpc) is 2.89.